The molecule has 5 aromatic carbocycles. The van der Waals surface area contributed by atoms with E-state index in [0.717, 1.165) is 0 Å². The van der Waals surface area contributed by atoms with Gasteiger partial charge in [-0.15, -0.1) is 11.8 Å². The summed E-state index contributed by atoms with van der Waals surface area (Å²) in [5, 5.41) is 26.8. The monoisotopic (exact) mass is 673 g/mol. The molecule has 0 bridgehead atoms. The number of hydrogen-bond donors (Lipinski definition) is 5. The molecule has 5 rings (SSSR count). The summed E-state index contributed by atoms with van der Waals surface area (Å²) in [5.74, 6) is -2.55. The standard InChI is InChI=1S/C38H31N3O7S/c1-48-29-14-8-9-24(21-29)22-32(41-35(43)26-12-6-3-7-13-26)36(44)39-27-15-18-30(19-16-27)49-34(25-10-4-2-5-11-25)37(45)40-28-17-20-33(42)31(23-28)38(46)47/h2-23,34,42H,1H3,(H,39,44)(H,40,45)(H,41,43)(H,46,47)/b32-22-. The maximum absolute atomic E-state index is 13.5. The highest BCUT2D eigenvalue weighted by Gasteiger charge is 2.23. The minimum atomic E-state index is -1.32. The lowest BCUT2D eigenvalue weighted by Crippen LogP contribution is -2.30. The molecule has 10 nitrogen and oxygen atoms in total. The van der Waals surface area contributed by atoms with E-state index in [9.17, 15) is 29.4 Å². The van der Waals surface area contributed by atoms with Crippen molar-refractivity contribution in [1.82, 2.24) is 5.32 Å². The lowest BCUT2D eigenvalue weighted by molar-refractivity contribution is -0.116. The average Bonchev–Trinajstić information content (AvgIpc) is 3.12. The molecule has 5 N–H and O–H groups in total. The van der Waals surface area contributed by atoms with Crippen LogP contribution in [0.15, 0.2) is 138 Å². The second-order valence-corrected chi connectivity index (χ2v) is 11.7. The molecule has 0 heterocycles. The number of amides is 3. The summed E-state index contributed by atoms with van der Waals surface area (Å²) in [6.45, 7) is 0. The van der Waals surface area contributed by atoms with Gasteiger partial charge in [0.2, 0.25) is 5.91 Å². The highest BCUT2D eigenvalue weighted by molar-refractivity contribution is 8.00. The van der Waals surface area contributed by atoms with Gasteiger partial charge in [-0.25, -0.2) is 4.79 Å². The number of anilines is 2. The molecule has 0 radical (unpaired) electrons. The van der Waals surface area contributed by atoms with Crippen molar-refractivity contribution in [3.63, 3.8) is 0 Å². The van der Waals surface area contributed by atoms with E-state index in [-0.39, 0.29) is 16.9 Å². The Labute approximate surface area is 286 Å². The predicted molar refractivity (Wildman–Crippen MR) is 189 cm³/mol. The van der Waals surface area contributed by atoms with Gasteiger partial charge >= 0.3 is 5.97 Å². The molecule has 1 unspecified atom stereocenters. The summed E-state index contributed by atoms with van der Waals surface area (Å²) in [6, 6.07) is 35.4. The van der Waals surface area contributed by atoms with E-state index < -0.39 is 34.7 Å². The summed E-state index contributed by atoms with van der Waals surface area (Å²) in [4.78, 5) is 52.2. The van der Waals surface area contributed by atoms with Crippen molar-refractivity contribution in [2.45, 2.75) is 10.1 Å². The fourth-order valence-corrected chi connectivity index (χ4v) is 5.71. The van der Waals surface area contributed by atoms with E-state index in [2.05, 4.69) is 16.0 Å². The molecule has 246 valence electrons. The Kier molecular flexibility index (Phi) is 11.1. The quantitative estimate of drug-likeness (QED) is 0.0540. The number of hydrogen-bond acceptors (Lipinski definition) is 7. The number of aromatic carboxylic acids is 1. The zero-order chi connectivity index (χ0) is 34.8. The van der Waals surface area contributed by atoms with Gasteiger partial charge in [-0.3, -0.25) is 14.4 Å². The minimum absolute atomic E-state index is 0.0154. The molecule has 3 amide bonds. The summed E-state index contributed by atoms with van der Waals surface area (Å²) < 4.78 is 5.30. The highest BCUT2D eigenvalue weighted by atomic mass is 32.2. The Morgan fingerprint density at radius 3 is 2.10 bits per heavy atom. The fourth-order valence-electron chi connectivity index (χ4n) is 4.69. The molecule has 0 spiro atoms. The Morgan fingerprint density at radius 1 is 0.755 bits per heavy atom. The average molecular weight is 674 g/mol. The van der Waals surface area contributed by atoms with E-state index in [4.69, 9.17) is 4.74 Å². The number of methoxy groups -OCH3 is 1. The van der Waals surface area contributed by atoms with Crippen LogP contribution in [0.1, 0.15) is 37.1 Å². The maximum Gasteiger partial charge on any atom is 0.339 e. The van der Waals surface area contributed by atoms with Crippen molar-refractivity contribution in [1.29, 1.82) is 0 Å². The van der Waals surface area contributed by atoms with Gasteiger partial charge in [0.15, 0.2) is 0 Å². The molecule has 0 fully saturated rings. The van der Waals surface area contributed by atoms with Crippen molar-refractivity contribution in [2.24, 2.45) is 0 Å². The molecule has 11 heteroatoms. The Morgan fingerprint density at radius 2 is 1.43 bits per heavy atom. The number of carbonyl (C=O) groups excluding carboxylic acids is 3. The van der Waals surface area contributed by atoms with Crippen LogP contribution in [0.4, 0.5) is 11.4 Å². The first-order chi connectivity index (χ1) is 23.7. The number of phenols is 1. The second-order valence-electron chi connectivity index (χ2n) is 10.6. The Balaban J connectivity index is 1.34. The van der Waals surface area contributed by atoms with Gasteiger partial charge in [0.1, 0.15) is 28.0 Å². The smallest absolute Gasteiger partial charge is 0.339 e. The number of benzene rings is 5. The largest absolute Gasteiger partial charge is 0.507 e. The number of carboxylic acid groups (broad SMARTS) is 1. The molecule has 0 aliphatic heterocycles. The first-order valence-electron chi connectivity index (χ1n) is 14.9. The summed E-state index contributed by atoms with van der Waals surface area (Å²) in [7, 11) is 1.54. The fraction of sp³-hybridized carbons (Fsp3) is 0.0526. The third-order valence-corrected chi connectivity index (χ3v) is 8.40. The van der Waals surface area contributed by atoms with Crippen LogP contribution in [-0.4, -0.2) is 41.0 Å². The number of nitrogens with one attached hydrogen (secondary N) is 3. The molecule has 0 saturated heterocycles. The van der Waals surface area contributed by atoms with Gasteiger partial charge in [-0.1, -0.05) is 60.7 Å². The maximum atomic E-state index is 13.5. The molecular formula is C38H31N3O7S. The molecule has 5 aromatic rings. The van der Waals surface area contributed by atoms with Crippen LogP contribution < -0.4 is 20.7 Å². The van der Waals surface area contributed by atoms with Crippen molar-refractivity contribution >= 4 is 52.9 Å². The normalized spacial score (nSPS) is 11.6. The molecule has 0 saturated carbocycles. The topological polar surface area (TPSA) is 154 Å². The predicted octanol–water partition coefficient (Wildman–Crippen LogP) is 6.98. The van der Waals surface area contributed by atoms with Crippen LogP contribution in [0.5, 0.6) is 11.5 Å². The van der Waals surface area contributed by atoms with E-state index in [0.29, 0.717) is 33.0 Å². The van der Waals surface area contributed by atoms with Crippen molar-refractivity contribution in [2.75, 3.05) is 17.7 Å². The SMILES string of the molecule is COc1cccc(/C=C(\NC(=O)c2ccccc2)C(=O)Nc2ccc(SC(C(=O)Nc3ccc(O)c(C(=O)O)c3)c3ccccc3)cc2)c1. The van der Waals surface area contributed by atoms with Crippen LogP contribution in [-0.2, 0) is 9.59 Å². The van der Waals surface area contributed by atoms with Crippen LogP contribution in [0.25, 0.3) is 6.08 Å². The number of aromatic hydroxyl groups is 1. The zero-order valence-corrected chi connectivity index (χ0v) is 26.9. The van der Waals surface area contributed by atoms with Crippen LogP contribution in [0, 0.1) is 0 Å². The van der Waals surface area contributed by atoms with Gasteiger partial charge in [-0.2, -0.15) is 0 Å². The molecule has 1 atom stereocenters. The van der Waals surface area contributed by atoms with E-state index >= 15 is 0 Å². The molecule has 49 heavy (non-hydrogen) atoms. The first-order valence-corrected chi connectivity index (χ1v) is 15.8. The molecule has 0 aliphatic carbocycles. The van der Waals surface area contributed by atoms with Gasteiger partial charge in [0, 0.05) is 21.8 Å². The van der Waals surface area contributed by atoms with Crippen molar-refractivity contribution < 1.29 is 34.1 Å². The summed E-state index contributed by atoms with van der Waals surface area (Å²) in [5.41, 5.74) is 2.09. The lowest BCUT2D eigenvalue weighted by Gasteiger charge is -2.18. The van der Waals surface area contributed by atoms with Crippen molar-refractivity contribution in [3.8, 4) is 11.5 Å². The highest BCUT2D eigenvalue weighted by Crippen LogP contribution is 2.37. The third kappa shape index (κ3) is 9.15. The van der Waals surface area contributed by atoms with Crippen LogP contribution >= 0.6 is 11.8 Å². The van der Waals surface area contributed by atoms with Gasteiger partial charge < -0.3 is 30.9 Å². The third-order valence-electron chi connectivity index (χ3n) is 7.13. The number of carbonyl (C=O) groups is 4. The van der Waals surface area contributed by atoms with Crippen LogP contribution in [0.2, 0.25) is 0 Å². The van der Waals surface area contributed by atoms with E-state index in [1.54, 1.807) is 84.9 Å². The second kappa shape index (κ2) is 16.0. The Bertz CT molecular complexity index is 2000. The van der Waals surface area contributed by atoms with Gasteiger partial charge in [-0.05, 0) is 83.9 Å². The van der Waals surface area contributed by atoms with Crippen molar-refractivity contribution in [3.05, 3.63) is 155 Å². The lowest BCUT2D eigenvalue weighted by atomic mass is 10.1. The van der Waals surface area contributed by atoms with Gasteiger partial charge in [0.25, 0.3) is 11.8 Å². The van der Waals surface area contributed by atoms with E-state index in [1.807, 2.05) is 30.3 Å². The van der Waals surface area contributed by atoms with Gasteiger partial charge in [0.05, 0.1) is 7.11 Å². The number of carboxylic acids is 1. The summed E-state index contributed by atoms with van der Waals surface area (Å²) in [6.07, 6.45) is 1.56. The molecular weight excluding hydrogens is 642 g/mol. The Hall–Kier alpha value is -6.33. The number of thioether (sulfide) groups is 1. The summed E-state index contributed by atoms with van der Waals surface area (Å²) >= 11 is 1.26. The molecule has 0 aromatic heterocycles. The van der Waals surface area contributed by atoms with Crippen LogP contribution in [0.3, 0.4) is 0 Å². The zero-order valence-electron chi connectivity index (χ0n) is 26.1. The van der Waals surface area contributed by atoms with E-state index in [1.165, 1.54) is 37.1 Å². The number of ether oxygens (including phenoxy) is 1. The first kappa shape index (κ1) is 34.0. The minimum Gasteiger partial charge on any atom is -0.507 e. The number of rotatable bonds is 12. The molecule has 0 aliphatic rings.